The van der Waals surface area contributed by atoms with Gasteiger partial charge < -0.3 is 15.2 Å². The second-order valence-electron chi connectivity index (χ2n) is 5.84. The summed E-state index contributed by atoms with van der Waals surface area (Å²) in [6.07, 6.45) is -2.97. The summed E-state index contributed by atoms with van der Waals surface area (Å²) in [6.45, 7) is 0.965. The van der Waals surface area contributed by atoms with Gasteiger partial charge in [-0.15, -0.1) is 0 Å². The number of hydrogen-bond donors (Lipinski definition) is 2. The van der Waals surface area contributed by atoms with E-state index < -0.39 is 17.8 Å². The molecule has 0 bridgehead atoms. The fourth-order valence-corrected chi connectivity index (χ4v) is 2.94. The van der Waals surface area contributed by atoms with Crippen molar-refractivity contribution >= 4 is 23.2 Å². The second kappa shape index (κ2) is 7.13. The third-order valence-corrected chi connectivity index (χ3v) is 4.25. The molecule has 0 saturated carbocycles. The number of phenols is 1. The summed E-state index contributed by atoms with van der Waals surface area (Å²) >= 11 is 6.05. The molecule has 1 unspecified atom stereocenters. The van der Waals surface area contributed by atoms with Crippen molar-refractivity contribution in [2.75, 3.05) is 18.5 Å². The standard InChI is InChI=1S/C17H14ClF3N2O3/c18-10-5-12(9-3-4-26-8-9)15(24)13(6-10)16(25)23-11-1-2-14(22-7-11)17(19,20)21/h1-2,5-7,9,24H,3-4,8H2,(H,23,25). The Labute approximate surface area is 151 Å². The van der Waals surface area contributed by atoms with Gasteiger partial charge in [-0.2, -0.15) is 13.2 Å². The van der Waals surface area contributed by atoms with E-state index in [1.54, 1.807) is 6.07 Å². The maximum atomic E-state index is 12.5. The number of halogens is 4. The Hall–Kier alpha value is -2.32. The fourth-order valence-electron chi connectivity index (χ4n) is 2.72. The van der Waals surface area contributed by atoms with Gasteiger partial charge in [-0.3, -0.25) is 4.79 Å². The zero-order chi connectivity index (χ0) is 18.9. The summed E-state index contributed by atoms with van der Waals surface area (Å²) in [6, 6.07) is 4.71. The van der Waals surface area contributed by atoms with Crippen molar-refractivity contribution in [1.82, 2.24) is 4.98 Å². The molecule has 0 aliphatic carbocycles. The van der Waals surface area contributed by atoms with Crippen LogP contribution >= 0.6 is 11.6 Å². The van der Waals surface area contributed by atoms with E-state index in [0.29, 0.717) is 25.2 Å². The van der Waals surface area contributed by atoms with E-state index in [1.165, 1.54) is 6.07 Å². The van der Waals surface area contributed by atoms with Crippen LogP contribution in [0.5, 0.6) is 5.75 Å². The fraction of sp³-hybridized carbons (Fsp3) is 0.294. The average molecular weight is 387 g/mol. The van der Waals surface area contributed by atoms with E-state index >= 15 is 0 Å². The van der Waals surface area contributed by atoms with Crippen molar-refractivity contribution in [2.45, 2.75) is 18.5 Å². The molecule has 9 heteroatoms. The highest BCUT2D eigenvalue weighted by Crippen LogP contribution is 2.37. The quantitative estimate of drug-likeness (QED) is 0.828. The number of hydrogen-bond acceptors (Lipinski definition) is 4. The maximum Gasteiger partial charge on any atom is 0.433 e. The molecule has 1 amide bonds. The van der Waals surface area contributed by atoms with Crippen molar-refractivity contribution in [1.29, 1.82) is 0 Å². The molecule has 0 radical (unpaired) electrons. The topological polar surface area (TPSA) is 71.5 Å². The monoisotopic (exact) mass is 386 g/mol. The van der Waals surface area contributed by atoms with Crippen LogP contribution in [0.25, 0.3) is 0 Å². The van der Waals surface area contributed by atoms with E-state index in [-0.39, 0.29) is 27.9 Å². The Bertz CT molecular complexity index is 819. The van der Waals surface area contributed by atoms with Gasteiger partial charge in [0.05, 0.1) is 24.1 Å². The number of carbonyl (C=O) groups excluding carboxylic acids is 1. The van der Waals surface area contributed by atoms with Gasteiger partial charge in [-0.1, -0.05) is 11.6 Å². The summed E-state index contributed by atoms with van der Waals surface area (Å²) < 4.78 is 42.9. The van der Waals surface area contributed by atoms with E-state index in [0.717, 1.165) is 18.3 Å². The number of alkyl halides is 3. The van der Waals surface area contributed by atoms with Gasteiger partial charge in [-0.25, -0.2) is 4.98 Å². The average Bonchev–Trinajstić information content (AvgIpc) is 3.10. The molecule has 1 aliphatic heterocycles. The molecule has 26 heavy (non-hydrogen) atoms. The molecule has 5 nitrogen and oxygen atoms in total. The first-order valence-corrected chi connectivity index (χ1v) is 8.08. The number of aromatic nitrogens is 1. The molecule has 1 aromatic carbocycles. The van der Waals surface area contributed by atoms with Crippen LogP contribution in [0.15, 0.2) is 30.5 Å². The lowest BCUT2D eigenvalue weighted by molar-refractivity contribution is -0.141. The third-order valence-electron chi connectivity index (χ3n) is 4.03. The van der Waals surface area contributed by atoms with Gasteiger partial charge in [0.1, 0.15) is 11.4 Å². The lowest BCUT2D eigenvalue weighted by Gasteiger charge is -2.15. The van der Waals surface area contributed by atoms with Crippen molar-refractivity contribution in [3.05, 3.63) is 52.3 Å². The van der Waals surface area contributed by atoms with Crippen molar-refractivity contribution in [3.8, 4) is 5.75 Å². The number of nitrogens with zero attached hydrogens (tertiary/aromatic N) is 1. The number of ether oxygens (including phenoxy) is 1. The Morgan fingerprint density at radius 3 is 2.69 bits per heavy atom. The molecule has 138 valence electrons. The summed E-state index contributed by atoms with van der Waals surface area (Å²) in [7, 11) is 0. The van der Waals surface area contributed by atoms with Crippen LogP contribution < -0.4 is 5.32 Å². The van der Waals surface area contributed by atoms with Crippen LogP contribution in [0.3, 0.4) is 0 Å². The minimum atomic E-state index is -4.56. The number of benzene rings is 1. The first-order chi connectivity index (χ1) is 12.3. The van der Waals surface area contributed by atoms with Crippen LogP contribution in [0.1, 0.15) is 34.0 Å². The van der Waals surface area contributed by atoms with Crippen LogP contribution in [0.4, 0.5) is 18.9 Å². The highest BCUT2D eigenvalue weighted by molar-refractivity contribution is 6.31. The number of anilines is 1. The Morgan fingerprint density at radius 2 is 2.12 bits per heavy atom. The third kappa shape index (κ3) is 3.91. The number of carbonyl (C=O) groups is 1. The molecule has 3 rings (SSSR count). The van der Waals surface area contributed by atoms with Gasteiger partial charge in [0, 0.05) is 23.1 Å². The predicted octanol–water partition coefficient (Wildman–Crippen LogP) is 4.22. The lowest BCUT2D eigenvalue weighted by atomic mass is 9.95. The Kier molecular flexibility index (Phi) is 5.06. The molecule has 1 aromatic heterocycles. The molecule has 1 aliphatic rings. The molecule has 1 saturated heterocycles. The van der Waals surface area contributed by atoms with E-state index in [1.807, 2.05) is 0 Å². The lowest BCUT2D eigenvalue weighted by Crippen LogP contribution is -2.14. The van der Waals surface area contributed by atoms with Crippen LogP contribution in [0, 0.1) is 0 Å². The Morgan fingerprint density at radius 1 is 1.35 bits per heavy atom. The summed E-state index contributed by atoms with van der Waals surface area (Å²) in [5.74, 6) is -0.998. The Balaban J connectivity index is 1.83. The molecular formula is C17H14ClF3N2O3. The van der Waals surface area contributed by atoms with Crippen molar-refractivity contribution < 1.29 is 27.8 Å². The molecule has 2 heterocycles. The zero-order valence-corrected chi connectivity index (χ0v) is 14.1. The van der Waals surface area contributed by atoms with Crippen LogP contribution in [0.2, 0.25) is 5.02 Å². The minimum Gasteiger partial charge on any atom is -0.507 e. The predicted molar refractivity (Wildman–Crippen MR) is 88.5 cm³/mol. The highest BCUT2D eigenvalue weighted by Gasteiger charge is 2.32. The molecule has 2 N–H and O–H groups in total. The largest absolute Gasteiger partial charge is 0.507 e. The van der Waals surface area contributed by atoms with E-state index in [2.05, 4.69) is 10.3 Å². The molecule has 1 atom stereocenters. The zero-order valence-electron chi connectivity index (χ0n) is 13.3. The number of pyridine rings is 1. The number of amides is 1. The molecular weight excluding hydrogens is 373 g/mol. The second-order valence-corrected chi connectivity index (χ2v) is 6.27. The molecule has 0 spiro atoms. The summed E-state index contributed by atoms with van der Waals surface area (Å²) in [4.78, 5) is 15.7. The summed E-state index contributed by atoms with van der Waals surface area (Å²) in [5.41, 5.74) is -0.567. The van der Waals surface area contributed by atoms with E-state index in [9.17, 15) is 23.1 Å². The van der Waals surface area contributed by atoms with Gasteiger partial charge in [0.25, 0.3) is 5.91 Å². The van der Waals surface area contributed by atoms with Crippen LogP contribution in [-0.4, -0.2) is 29.2 Å². The number of phenolic OH excluding ortho intramolecular Hbond substituents is 1. The van der Waals surface area contributed by atoms with Gasteiger partial charge in [0.15, 0.2) is 0 Å². The van der Waals surface area contributed by atoms with Crippen molar-refractivity contribution in [3.63, 3.8) is 0 Å². The van der Waals surface area contributed by atoms with Crippen molar-refractivity contribution in [2.24, 2.45) is 0 Å². The normalized spacial score (nSPS) is 17.3. The van der Waals surface area contributed by atoms with E-state index in [4.69, 9.17) is 16.3 Å². The smallest absolute Gasteiger partial charge is 0.433 e. The van der Waals surface area contributed by atoms with Gasteiger partial charge in [0.2, 0.25) is 0 Å². The van der Waals surface area contributed by atoms with Gasteiger partial charge >= 0.3 is 6.18 Å². The minimum absolute atomic E-state index is 0.0631. The number of nitrogens with one attached hydrogen (secondary N) is 1. The summed E-state index contributed by atoms with van der Waals surface area (Å²) in [5, 5.41) is 13.1. The first-order valence-electron chi connectivity index (χ1n) is 7.70. The molecule has 2 aromatic rings. The number of rotatable bonds is 3. The van der Waals surface area contributed by atoms with Crippen LogP contribution in [-0.2, 0) is 10.9 Å². The number of aromatic hydroxyl groups is 1. The SMILES string of the molecule is O=C(Nc1ccc(C(F)(F)F)nc1)c1cc(Cl)cc(C2CCOC2)c1O. The maximum absolute atomic E-state index is 12.5. The van der Waals surface area contributed by atoms with Gasteiger partial charge in [-0.05, 0) is 30.7 Å². The molecule has 1 fully saturated rings. The first kappa shape index (κ1) is 18.5. The highest BCUT2D eigenvalue weighted by atomic mass is 35.5.